The van der Waals surface area contributed by atoms with E-state index in [9.17, 15) is 9.18 Å². The Hall–Kier alpha value is -3.28. The first-order valence-corrected chi connectivity index (χ1v) is 15.0. The number of hydrogen-bond acceptors (Lipinski definition) is 5. The Bertz CT molecular complexity index is 1100. The average Bonchev–Trinajstić information content (AvgIpc) is 3.00. The van der Waals surface area contributed by atoms with Crippen LogP contribution in [0.4, 0.5) is 4.39 Å². The van der Waals surface area contributed by atoms with Crippen LogP contribution in [0.15, 0.2) is 60.9 Å². The highest BCUT2D eigenvalue weighted by Gasteiger charge is 2.10. The third-order valence-electron chi connectivity index (χ3n) is 7.21. The number of unbranched alkanes of at least 4 members (excludes halogenated alkanes) is 9. The van der Waals surface area contributed by atoms with Crippen LogP contribution in [-0.4, -0.2) is 35.8 Å². The molecule has 5 nitrogen and oxygen atoms in total. The fourth-order valence-electron chi connectivity index (χ4n) is 4.35. The van der Waals surface area contributed by atoms with Crippen LogP contribution in [-0.2, 0) is 4.74 Å². The number of halogens is 1. The SMILES string of the molecule is CCC(C)COC(=O)c1ccc(-c2cnc(-c3ccc(OCCCCCCCCCCCCF)cc3)cn2)cc1. The minimum Gasteiger partial charge on any atom is -0.494 e. The first-order valence-electron chi connectivity index (χ1n) is 15.0. The van der Waals surface area contributed by atoms with Crippen LogP contribution in [0.2, 0.25) is 0 Å². The van der Waals surface area contributed by atoms with Crippen molar-refractivity contribution in [1.29, 1.82) is 0 Å². The highest BCUT2D eigenvalue weighted by molar-refractivity contribution is 5.90. The van der Waals surface area contributed by atoms with Crippen LogP contribution in [0.3, 0.4) is 0 Å². The number of carbonyl (C=O) groups is 1. The lowest BCUT2D eigenvalue weighted by molar-refractivity contribution is 0.0447. The van der Waals surface area contributed by atoms with Crippen molar-refractivity contribution in [3.05, 3.63) is 66.5 Å². The quantitative estimate of drug-likeness (QED) is 0.110. The molecule has 6 heteroatoms. The van der Waals surface area contributed by atoms with Crippen LogP contribution >= 0.6 is 0 Å². The summed E-state index contributed by atoms with van der Waals surface area (Å²) in [6.45, 7) is 5.13. The zero-order valence-corrected chi connectivity index (χ0v) is 24.2. The molecule has 1 unspecified atom stereocenters. The van der Waals surface area contributed by atoms with E-state index in [1.807, 2.05) is 36.4 Å². The largest absolute Gasteiger partial charge is 0.494 e. The van der Waals surface area contributed by atoms with E-state index < -0.39 is 0 Å². The summed E-state index contributed by atoms with van der Waals surface area (Å²) in [6.07, 6.45) is 16.0. The topological polar surface area (TPSA) is 61.3 Å². The van der Waals surface area contributed by atoms with E-state index in [2.05, 4.69) is 23.8 Å². The van der Waals surface area contributed by atoms with Crippen molar-refractivity contribution in [3.8, 4) is 28.3 Å². The number of ether oxygens (including phenoxy) is 2. The number of alkyl halides is 1. The van der Waals surface area contributed by atoms with Gasteiger partial charge in [-0.25, -0.2) is 4.79 Å². The summed E-state index contributed by atoms with van der Waals surface area (Å²) >= 11 is 0. The third-order valence-corrected chi connectivity index (χ3v) is 7.21. The molecule has 3 rings (SSSR count). The van der Waals surface area contributed by atoms with Gasteiger partial charge in [0.15, 0.2) is 0 Å². The monoisotopic (exact) mass is 548 g/mol. The molecule has 0 aliphatic carbocycles. The summed E-state index contributed by atoms with van der Waals surface area (Å²) in [5.41, 5.74) is 3.95. The molecule has 3 aromatic rings. The molecule has 1 aromatic heterocycles. The molecule has 0 aliphatic heterocycles. The molecule has 0 saturated carbocycles. The highest BCUT2D eigenvalue weighted by Crippen LogP contribution is 2.23. The van der Waals surface area contributed by atoms with Crippen LogP contribution in [0, 0.1) is 5.92 Å². The highest BCUT2D eigenvalue weighted by atomic mass is 19.1. The van der Waals surface area contributed by atoms with E-state index >= 15 is 0 Å². The summed E-state index contributed by atoms with van der Waals surface area (Å²) in [4.78, 5) is 21.4. The predicted octanol–water partition coefficient (Wildman–Crippen LogP) is 9.26. The number of benzene rings is 2. The number of rotatable bonds is 19. The smallest absolute Gasteiger partial charge is 0.338 e. The molecule has 0 aliphatic rings. The van der Waals surface area contributed by atoms with Crippen molar-refractivity contribution in [2.24, 2.45) is 5.92 Å². The maximum absolute atomic E-state index is 12.2. The standard InChI is InChI=1S/C34H45FN2O3/c1-3-27(2)26-40-34(38)30-16-14-28(15-17-30)32-24-37-33(25-36-32)29-18-20-31(21-19-29)39-23-13-11-9-7-5-4-6-8-10-12-22-35/h14-21,24-25,27H,3-13,22-23,26H2,1-2H3. The third kappa shape index (κ3) is 11.1. The van der Waals surface area contributed by atoms with Crippen molar-refractivity contribution in [2.75, 3.05) is 19.9 Å². The van der Waals surface area contributed by atoms with E-state index in [0.29, 0.717) is 18.1 Å². The molecule has 40 heavy (non-hydrogen) atoms. The van der Waals surface area contributed by atoms with Gasteiger partial charge in [0, 0.05) is 11.1 Å². The minimum absolute atomic E-state index is 0.174. The van der Waals surface area contributed by atoms with E-state index in [1.165, 1.54) is 44.9 Å². The maximum Gasteiger partial charge on any atom is 0.338 e. The van der Waals surface area contributed by atoms with Crippen LogP contribution in [0.1, 0.15) is 94.8 Å². The zero-order chi connectivity index (χ0) is 28.4. The Morgan fingerprint density at radius 2 is 1.25 bits per heavy atom. The molecule has 216 valence electrons. The van der Waals surface area contributed by atoms with Gasteiger partial charge in [0.05, 0.1) is 49.2 Å². The fraction of sp³-hybridized carbons (Fsp3) is 0.500. The molecule has 2 aromatic carbocycles. The number of esters is 1. The van der Waals surface area contributed by atoms with E-state index in [-0.39, 0.29) is 12.6 Å². The average molecular weight is 549 g/mol. The first-order chi connectivity index (χ1) is 19.6. The normalized spacial score (nSPS) is 11.8. The number of hydrogen-bond donors (Lipinski definition) is 0. The van der Waals surface area contributed by atoms with Gasteiger partial charge >= 0.3 is 5.97 Å². The summed E-state index contributed by atoms with van der Waals surface area (Å²) in [7, 11) is 0. The van der Waals surface area contributed by atoms with Gasteiger partial charge in [-0.15, -0.1) is 0 Å². The van der Waals surface area contributed by atoms with Gasteiger partial charge in [-0.2, -0.15) is 0 Å². The Balaban J connectivity index is 1.36. The van der Waals surface area contributed by atoms with Crippen molar-refractivity contribution in [3.63, 3.8) is 0 Å². The van der Waals surface area contributed by atoms with Gasteiger partial charge in [0.1, 0.15) is 5.75 Å². The Labute approximate surface area is 239 Å². The van der Waals surface area contributed by atoms with E-state index in [1.54, 1.807) is 24.5 Å². The van der Waals surface area contributed by atoms with Gasteiger partial charge in [0.2, 0.25) is 0 Å². The van der Waals surface area contributed by atoms with Crippen LogP contribution in [0.5, 0.6) is 5.75 Å². The Kier molecular flexibility index (Phi) is 14.2. The molecule has 0 saturated heterocycles. The molecule has 0 bridgehead atoms. The second kappa shape index (κ2) is 18.1. The lowest BCUT2D eigenvalue weighted by Crippen LogP contribution is -2.11. The summed E-state index contributed by atoms with van der Waals surface area (Å²) in [5, 5.41) is 0. The van der Waals surface area contributed by atoms with Crippen molar-refractivity contribution in [2.45, 2.75) is 84.5 Å². The number of nitrogens with zero attached hydrogens (tertiary/aromatic N) is 2. The lowest BCUT2D eigenvalue weighted by atomic mass is 10.1. The van der Waals surface area contributed by atoms with Crippen molar-refractivity contribution in [1.82, 2.24) is 9.97 Å². The van der Waals surface area contributed by atoms with Gasteiger partial charge in [0.25, 0.3) is 0 Å². The van der Waals surface area contributed by atoms with Crippen molar-refractivity contribution < 1.29 is 18.7 Å². The molecule has 0 fully saturated rings. The lowest BCUT2D eigenvalue weighted by Gasteiger charge is -2.10. The summed E-state index contributed by atoms with van der Waals surface area (Å²) in [5.74, 6) is 0.919. The van der Waals surface area contributed by atoms with Gasteiger partial charge in [-0.1, -0.05) is 83.8 Å². The number of aromatic nitrogens is 2. The second-order valence-electron chi connectivity index (χ2n) is 10.6. The molecular formula is C34H45FN2O3. The molecule has 0 amide bonds. The summed E-state index contributed by atoms with van der Waals surface area (Å²) in [6, 6.07) is 15.2. The molecule has 1 heterocycles. The molecule has 0 spiro atoms. The van der Waals surface area contributed by atoms with Gasteiger partial charge < -0.3 is 9.47 Å². The first kappa shape index (κ1) is 31.3. The molecular weight excluding hydrogens is 503 g/mol. The van der Waals surface area contributed by atoms with Crippen molar-refractivity contribution >= 4 is 5.97 Å². The van der Waals surface area contributed by atoms with E-state index in [0.717, 1.165) is 60.6 Å². The Morgan fingerprint density at radius 1 is 0.750 bits per heavy atom. The number of carbonyl (C=O) groups excluding carboxylic acids is 1. The summed E-state index contributed by atoms with van der Waals surface area (Å²) < 4.78 is 23.4. The molecule has 0 N–H and O–H groups in total. The Morgan fingerprint density at radius 3 is 1.75 bits per heavy atom. The van der Waals surface area contributed by atoms with E-state index in [4.69, 9.17) is 9.47 Å². The second-order valence-corrected chi connectivity index (χ2v) is 10.6. The molecule has 0 radical (unpaired) electrons. The van der Waals surface area contributed by atoms with Gasteiger partial charge in [-0.3, -0.25) is 14.4 Å². The van der Waals surface area contributed by atoms with Crippen LogP contribution in [0.25, 0.3) is 22.5 Å². The van der Waals surface area contributed by atoms with Crippen LogP contribution < -0.4 is 4.74 Å². The van der Waals surface area contributed by atoms with Gasteiger partial charge in [-0.05, 0) is 55.2 Å². The molecule has 1 atom stereocenters. The predicted molar refractivity (Wildman–Crippen MR) is 160 cm³/mol. The fourth-order valence-corrected chi connectivity index (χ4v) is 4.35. The zero-order valence-electron chi connectivity index (χ0n) is 24.2. The maximum atomic E-state index is 12.2. The minimum atomic E-state index is -0.300.